The van der Waals surface area contributed by atoms with Gasteiger partial charge >= 0.3 is 0 Å². The predicted molar refractivity (Wildman–Crippen MR) is 99.9 cm³/mol. The van der Waals surface area contributed by atoms with Gasteiger partial charge in [-0.05, 0) is 23.6 Å². The quantitative estimate of drug-likeness (QED) is 0.630. The zero-order valence-electron chi connectivity index (χ0n) is 13.9. The number of para-hydroxylation sites is 2. The molecule has 1 aromatic carbocycles. The molecule has 0 fully saturated rings. The number of thioether (sulfide) groups is 1. The molecule has 27 heavy (non-hydrogen) atoms. The molecule has 0 bridgehead atoms. The lowest BCUT2D eigenvalue weighted by atomic mass is 10.2. The number of amides is 2. The van der Waals surface area contributed by atoms with Crippen LogP contribution >= 0.6 is 23.1 Å². The summed E-state index contributed by atoms with van der Waals surface area (Å²) in [7, 11) is 0. The second-order valence-corrected chi connectivity index (χ2v) is 7.40. The SMILES string of the molecule is O=C(CSc1n[nH]c(-c2cccs2)n1)NC(=O)C1COc2ccccc2O1. The Kier molecular flexibility index (Phi) is 5.07. The minimum atomic E-state index is -0.872. The summed E-state index contributed by atoms with van der Waals surface area (Å²) in [5.41, 5.74) is 0. The first-order chi connectivity index (χ1) is 13.2. The van der Waals surface area contributed by atoms with Crippen LogP contribution in [-0.2, 0) is 9.59 Å². The van der Waals surface area contributed by atoms with Crippen molar-refractivity contribution in [3.05, 3.63) is 41.8 Å². The molecule has 8 nitrogen and oxygen atoms in total. The fraction of sp³-hybridized carbons (Fsp3) is 0.176. The van der Waals surface area contributed by atoms with E-state index in [0.717, 1.165) is 16.6 Å². The number of nitrogens with one attached hydrogen (secondary N) is 2. The van der Waals surface area contributed by atoms with Gasteiger partial charge in [0.2, 0.25) is 17.2 Å². The third-order valence-corrected chi connectivity index (χ3v) is 5.34. The maximum atomic E-state index is 12.2. The summed E-state index contributed by atoms with van der Waals surface area (Å²) < 4.78 is 11.1. The van der Waals surface area contributed by atoms with E-state index in [0.29, 0.717) is 22.5 Å². The summed E-state index contributed by atoms with van der Waals surface area (Å²) in [5, 5.41) is 11.6. The Morgan fingerprint density at radius 3 is 2.93 bits per heavy atom. The number of nitrogens with zero attached hydrogens (tertiary/aromatic N) is 2. The van der Waals surface area contributed by atoms with Gasteiger partial charge in [0, 0.05) is 0 Å². The van der Waals surface area contributed by atoms with E-state index >= 15 is 0 Å². The Morgan fingerprint density at radius 1 is 1.26 bits per heavy atom. The second-order valence-electron chi connectivity index (χ2n) is 5.51. The highest BCUT2D eigenvalue weighted by Crippen LogP contribution is 2.30. The molecule has 1 aliphatic rings. The van der Waals surface area contributed by atoms with E-state index in [1.807, 2.05) is 23.6 Å². The maximum absolute atomic E-state index is 12.2. The molecule has 0 radical (unpaired) electrons. The van der Waals surface area contributed by atoms with E-state index < -0.39 is 17.9 Å². The van der Waals surface area contributed by atoms with Crippen molar-refractivity contribution >= 4 is 34.9 Å². The summed E-state index contributed by atoms with van der Waals surface area (Å²) in [5.74, 6) is 0.731. The average molecular weight is 402 g/mol. The van der Waals surface area contributed by atoms with Crippen molar-refractivity contribution in [3.63, 3.8) is 0 Å². The fourth-order valence-corrected chi connectivity index (χ4v) is 3.63. The molecule has 2 N–H and O–H groups in total. The number of hydrogen-bond acceptors (Lipinski definition) is 8. The third-order valence-electron chi connectivity index (χ3n) is 3.62. The molecular formula is C17H14N4O4S2. The number of ether oxygens (including phenoxy) is 2. The number of carbonyl (C=O) groups is 2. The van der Waals surface area contributed by atoms with E-state index in [1.165, 1.54) is 0 Å². The van der Waals surface area contributed by atoms with Crippen LogP contribution in [0.2, 0.25) is 0 Å². The lowest BCUT2D eigenvalue weighted by Gasteiger charge is -2.25. The summed E-state index contributed by atoms with van der Waals surface area (Å²) in [4.78, 5) is 29.5. The molecule has 0 aliphatic carbocycles. The molecule has 0 spiro atoms. The van der Waals surface area contributed by atoms with E-state index in [9.17, 15) is 9.59 Å². The Bertz CT molecular complexity index is 958. The largest absolute Gasteiger partial charge is 0.485 e. The zero-order chi connectivity index (χ0) is 18.6. The van der Waals surface area contributed by atoms with Crippen LogP contribution in [0.15, 0.2) is 46.9 Å². The van der Waals surface area contributed by atoms with Gasteiger partial charge < -0.3 is 9.47 Å². The van der Waals surface area contributed by atoms with Gasteiger partial charge in [0.15, 0.2) is 17.3 Å². The third kappa shape index (κ3) is 4.12. The van der Waals surface area contributed by atoms with Crippen LogP contribution in [0.25, 0.3) is 10.7 Å². The van der Waals surface area contributed by atoms with Gasteiger partial charge in [-0.2, -0.15) is 0 Å². The summed E-state index contributed by atoms with van der Waals surface area (Å²) in [6, 6.07) is 10.9. The van der Waals surface area contributed by atoms with Crippen molar-refractivity contribution in [2.45, 2.75) is 11.3 Å². The molecule has 1 unspecified atom stereocenters. The van der Waals surface area contributed by atoms with E-state index in [-0.39, 0.29) is 12.4 Å². The molecular weight excluding hydrogens is 388 g/mol. The lowest BCUT2D eigenvalue weighted by Crippen LogP contribution is -2.46. The van der Waals surface area contributed by atoms with Gasteiger partial charge in [-0.3, -0.25) is 20.0 Å². The summed E-state index contributed by atoms with van der Waals surface area (Å²) in [6.07, 6.45) is -0.872. The molecule has 138 valence electrons. The monoisotopic (exact) mass is 402 g/mol. The number of hydrogen-bond donors (Lipinski definition) is 2. The predicted octanol–water partition coefficient (Wildman–Crippen LogP) is 2.11. The Hall–Kier alpha value is -2.85. The highest BCUT2D eigenvalue weighted by Gasteiger charge is 2.28. The molecule has 2 amide bonds. The number of fused-ring (bicyclic) bond motifs is 1. The molecule has 1 atom stereocenters. The zero-order valence-corrected chi connectivity index (χ0v) is 15.5. The molecule has 1 aliphatic heterocycles. The minimum absolute atomic E-state index is 0.0115. The Labute approximate surface area is 162 Å². The first kappa shape index (κ1) is 17.6. The van der Waals surface area contributed by atoms with Gasteiger partial charge in [-0.1, -0.05) is 30.0 Å². The van der Waals surface area contributed by atoms with Crippen molar-refractivity contribution < 1.29 is 19.1 Å². The van der Waals surface area contributed by atoms with Crippen LogP contribution in [0.1, 0.15) is 0 Å². The van der Waals surface area contributed by atoms with Crippen molar-refractivity contribution in [2.75, 3.05) is 12.4 Å². The number of H-pyrrole nitrogens is 1. The normalized spacial score (nSPS) is 15.3. The van der Waals surface area contributed by atoms with Crippen LogP contribution < -0.4 is 14.8 Å². The molecule has 3 aromatic rings. The molecule has 10 heteroatoms. The van der Waals surface area contributed by atoms with E-state index in [4.69, 9.17) is 9.47 Å². The van der Waals surface area contributed by atoms with Crippen molar-refractivity contribution in [3.8, 4) is 22.2 Å². The highest BCUT2D eigenvalue weighted by molar-refractivity contribution is 7.99. The first-order valence-electron chi connectivity index (χ1n) is 8.00. The maximum Gasteiger partial charge on any atom is 0.271 e. The molecule has 0 saturated carbocycles. The van der Waals surface area contributed by atoms with Crippen LogP contribution in [0, 0.1) is 0 Å². The van der Waals surface area contributed by atoms with Crippen LogP contribution in [0.4, 0.5) is 0 Å². The molecule has 2 aromatic heterocycles. The van der Waals surface area contributed by atoms with Gasteiger partial charge in [0.1, 0.15) is 6.61 Å². The standard InChI is InChI=1S/C17H14N4O4S2/c22-14(9-27-17-19-15(20-21-17)13-6-3-7-26-13)18-16(23)12-8-24-10-4-1-2-5-11(10)25-12/h1-7,12H,8-9H2,(H,18,22,23)(H,19,20,21). The second kappa shape index (κ2) is 7.80. The molecule has 4 rings (SSSR count). The minimum Gasteiger partial charge on any atom is -0.485 e. The fourth-order valence-electron chi connectivity index (χ4n) is 2.37. The average Bonchev–Trinajstić information content (AvgIpc) is 3.37. The molecule has 0 saturated heterocycles. The van der Waals surface area contributed by atoms with Crippen molar-refractivity contribution in [2.24, 2.45) is 0 Å². The highest BCUT2D eigenvalue weighted by atomic mass is 32.2. The molecule has 3 heterocycles. The smallest absolute Gasteiger partial charge is 0.271 e. The Morgan fingerprint density at radius 2 is 2.11 bits per heavy atom. The summed E-state index contributed by atoms with van der Waals surface area (Å²) in [6.45, 7) is 0.0500. The van der Waals surface area contributed by atoms with Crippen LogP contribution in [0.5, 0.6) is 11.5 Å². The number of rotatable bonds is 5. The van der Waals surface area contributed by atoms with Crippen LogP contribution in [0.3, 0.4) is 0 Å². The van der Waals surface area contributed by atoms with E-state index in [2.05, 4.69) is 20.5 Å². The number of benzene rings is 1. The van der Waals surface area contributed by atoms with Crippen molar-refractivity contribution in [1.82, 2.24) is 20.5 Å². The first-order valence-corrected chi connectivity index (χ1v) is 9.87. The van der Waals surface area contributed by atoms with Gasteiger partial charge in [0.05, 0.1) is 10.6 Å². The number of carbonyl (C=O) groups excluding carboxylic acids is 2. The van der Waals surface area contributed by atoms with Gasteiger partial charge in [0.25, 0.3) is 5.91 Å². The summed E-state index contributed by atoms with van der Waals surface area (Å²) >= 11 is 2.68. The van der Waals surface area contributed by atoms with Crippen LogP contribution in [-0.4, -0.2) is 45.5 Å². The number of aromatic nitrogens is 3. The van der Waals surface area contributed by atoms with Gasteiger partial charge in [-0.25, -0.2) is 4.98 Å². The number of aromatic amines is 1. The Balaban J connectivity index is 1.28. The topological polar surface area (TPSA) is 106 Å². The van der Waals surface area contributed by atoms with Gasteiger partial charge in [-0.15, -0.1) is 16.4 Å². The van der Waals surface area contributed by atoms with E-state index in [1.54, 1.807) is 29.5 Å². The van der Waals surface area contributed by atoms with Crippen molar-refractivity contribution in [1.29, 1.82) is 0 Å². The number of thiophene rings is 1. The number of imide groups is 1. The lowest BCUT2D eigenvalue weighted by molar-refractivity contribution is -0.135.